The van der Waals surface area contributed by atoms with Crippen LogP contribution in [0, 0.1) is 5.92 Å². The molecular formula is C16H24ClN3O2Si. The topological polar surface area (TPSA) is 60.2 Å². The van der Waals surface area contributed by atoms with Crippen LogP contribution in [-0.2, 0) is 11.5 Å². The fraction of sp³-hybridized carbons (Fsp3) is 0.625. The first-order valence-corrected chi connectivity index (χ1v) is 12.2. The van der Waals surface area contributed by atoms with Gasteiger partial charge < -0.3 is 14.4 Å². The molecule has 0 amide bonds. The van der Waals surface area contributed by atoms with Gasteiger partial charge in [-0.1, -0.05) is 31.2 Å². The van der Waals surface area contributed by atoms with Crippen LogP contribution >= 0.6 is 11.6 Å². The number of hydrogen-bond acceptors (Lipinski definition) is 4. The van der Waals surface area contributed by atoms with E-state index in [4.69, 9.17) is 16.3 Å². The summed E-state index contributed by atoms with van der Waals surface area (Å²) in [7, 11) is -1.10. The SMILES string of the molecule is C[Si](C)(C)CCOCn1cc(C(O)C2CC2)c2c(Cl)ncnc21. The fourth-order valence-electron chi connectivity index (χ4n) is 2.64. The number of aromatic nitrogens is 3. The smallest absolute Gasteiger partial charge is 0.147 e. The van der Waals surface area contributed by atoms with E-state index < -0.39 is 14.2 Å². The first-order valence-electron chi connectivity index (χ1n) is 8.12. The summed E-state index contributed by atoms with van der Waals surface area (Å²) >= 11 is 6.26. The van der Waals surface area contributed by atoms with Crippen LogP contribution in [-0.4, -0.2) is 34.3 Å². The summed E-state index contributed by atoms with van der Waals surface area (Å²) in [6, 6.07) is 1.12. The Kier molecular flexibility index (Phi) is 4.78. The van der Waals surface area contributed by atoms with Crippen molar-refractivity contribution < 1.29 is 9.84 Å². The number of ether oxygens (including phenoxy) is 1. The van der Waals surface area contributed by atoms with Crippen molar-refractivity contribution in [3.05, 3.63) is 23.2 Å². The molecule has 1 N–H and O–H groups in total. The van der Waals surface area contributed by atoms with Crippen molar-refractivity contribution in [2.45, 2.75) is 51.4 Å². The molecule has 5 nitrogen and oxygen atoms in total. The van der Waals surface area contributed by atoms with Gasteiger partial charge in [0.25, 0.3) is 0 Å². The molecule has 126 valence electrons. The van der Waals surface area contributed by atoms with Gasteiger partial charge in [-0.15, -0.1) is 0 Å². The summed E-state index contributed by atoms with van der Waals surface area (Å²) < 4.78 is 7.75. The molecule has 1 saturated carbocycles. The zero-order chi connectivity index (χ0) is 16.6. The first-order chi connectivity index (χ1) is 10.9. The molecule has 23 heavy (non-hydrogen) atoms. The molecule has 2 aromatic heterocycles. The molecule has 3 rings (SSSR count). The van der Waals surface area contributed by atoms with E-state index in [2.05, 4.69) is 29.6 Å². The third-order valence-corrected chi connectivity index (χ3v) is 6.24. The third kappa shape index (κ3) is 3.94. The summed E-state index contributed by atoms with van der Waals surface area (Å²) in [6.45, 7) is 8.16. The van der Waals surface area contributed by atoms with Crippen molar-refractivity contribution in [3.63, 3.8) is 0 Å². The molecule has 1 aliphatic carbocycles. The van der Waals surface area contributed by atoms with E-state index in [1.165, 1.54) is 6.33 Å². The highest BCUT2D eigenvalue weighted by Gasteiger charge is 2.33. The maximum atomic E-state index is 10.5. The van der Waals surface area contributed by atoms with Gasteiger partial charge in [0.2, 0.25) is 0 Å². The van der Waals surface area contributed by atoms with Gasteiger partial charge in [-0.25, -0.2) is 9.97 Å². The Bertz CT molecular complexity index is 694. The molecule has 0 aromatic carbocycles. The van der Waals surface area contributed by atoms with Crippen LogP contribution in [0.5, 0.6) is 0 Å². The maximum Gasteiger partial charge on any atom is 0.147 e. The normalized spacial score (nSPS) is 16.9. The minimum absolute atomic E-state index is 0.332. The Labute approximate surface area is 142 Å². The summed E-state index contributed by atoms with van der Waals surface area (Å²) in [5.74, 6) is 0.332. The Balaban J connectivity index is 1.81. The van der Waals surface area contributed by atoms with E-state index in [1.807, 2.05) is 10.8 Å². The number of rotatable bonds is 7. The highest BCUT2D eigenvalue weighted by Crippen LogP contribution is 2.43. The van der Waals surface area contributed by atoms with Gasteiger partial charge >= 0.3 is 0 Å². The summed E-state index contributed by atoms with van der Waals surface area (Å²) in [4.78, 5) is 8.40. The molecule has 1 aliphatic rings. The molecule has 2 heterocycles. The number of halogens is 1. The summed E-state index contributed by atoms with van der Waals surface area (Å²) in [5, 5.41) is 11.7. The van der Waals surface area contributed by atoms with E-state index >= 15 is 0 Å². The number of aliphatic hydroxyl groups excluding tert-OH is 1. The highest BCUT2D eigenvalue weighted by molar-refractivity contribution is 6.76. The molecule has 0 spiro atoms. The largest absolute Gasteiger partial charge is 0.388 e. The molecule has 0 saturated heterocycles. The summed E-state index contributed by atoms with van der Waals surface area (Å²) in [6.07, 6.45) is 5.00. The van der Waals surface area contributed by atoms with Crippen molar-refractivity contribution in [2.75, 3.05) is 6.61 Å². The average molecular weight is 354 g/mol. The van der Waals surface area contributed by atoms with Crippen molar-refractivity contribution in [1.29, 1.82) is 0 Å². The Morgan fingerprint density at radius 3 is 2.78 bits per heavy atom. The van der Waals surface area contributed by atoms with Gasteiger partial charge in [-0.05, 0) is 24.8 Å². The quantitative estimate of drug-likeness (QED) is 0.466. The van der Waals surface area contributed by atoms with Gasteiger partial charge in [-0.3, -0.25) is 0 Å². The lowest BCUT2D eigenvalue weighted by molar-refractivity contribution is 0.0891. The molecule has 0 aliphatic heterocycles. The van der Waals surface area contributed by atoms with Crippen LogP contribution in [0.4, 0.5) is 0 Å². The standard InChI is InChI=1S/C16H24ClN3O2Si/c1-23(2,3)7-6-22-10-20-8-12(14(21)11-4-5-11)13-15(17)18-9-19-16(13)20/h8-9,11,14,21H,4-7,10H2,1-3H3. The number of hydrogen-bond donors (Lipinski definition) is 1. The number of nitrogens with zero attached hydrogens (tertiary/aromatic N) is 3. The third-order valence-electron chi connectivity index (χ3n) is 4.25. The molecule has 2 aromatic rings. The van der Waals surface area contributed by atoms with E-state index in [1.54, 1.807) is 0 Å². The summed E-state index contributed by atoms with van der Waals surface area (Å²) in [5.41, 5.74) is 1.55. The van der Waals surface area contributed by atoms with Gasteiger partial charge in [0.05, 0.1) is 11.5 Å². The van der Waals surface area contributed by atoms with Crippen LogP contribution in [0.2, 0.25) is 30.8 Å². The van der Waals surface area contributed by atoms with Gasteiger partial charge in [0.15, 0.2) is 0 Å². The Morgan fingerprint density at radius 2 is 2.13 bits per heavy atom. The molecule has 7 heteroatoms. The minimum atomic E-state index is -1.10. The predicted octanol–water partition coefficient (Wildman–Crippen LogP) is 3.84. The zero-order valence-corrected chi connectivity index (χ0v) is 15.7. The van der Waals surface area contributed by atoms with Gasteiger partial charge in [0.1, 0.15) is 23.9 Å². The van der Waals surface area contributed by atoms with Crippen LogP contribution in [0.3, 0.4) is 0 Å². The average Bonchev–Trinajstić information content (AvgIpc) is 3.25. The van der Waals surface area contributed by atoms with Crippen LogP contribution in [0.1, 0.15) is 24.5 Å². The lowest BCUT2D eigenvalue weighted by Crippen LogP contribution is -2.22. The van der Waals surface area contributed by atoms with Crippen molar-refractivity contribution in [1.82, 2.24) is 14.5 Å². The highest BCUT2D eigenvalue weighted by atomic mass is 35.5. The second-order valence-electron chi connectivity index (χ2n) is 7.55. The van der Waals surface area contributed by atoms with Crippen LogP contribution < -0.4 is 0 Å². The maximum absolute atomic E-state index is 10.5. The van der Waals surface area contributed by atoms with E-state index in [9.17, 15) is 5.11 Å². The fourth-order valence-corrected chi connectivity index (χ4v) is 3.64. The Morgan fingerprint density at radius 1 is 1.39 bits per heavy atom. The monoisotopic (exact) mass is 353 g/mol. The van der Waals surface area contributed by atoms with Crippen molar-refractivity contribution in [3.8, 4) is 0 Å². The second kappa shape index (κ2) is 6.51. The molecule has 1 fully saturated rings. The number of aliphatic hydroxyl groups is 1. The molecule has 1 atom stereocenters. The number of fused-ring (bicyclic) bond motifs is 1. The van der Waals surface area contributed by atoms with Crippen LogP contribution in [0.25, 0.3) is 11.0 Å². The molecule has 0 bridgehead atoms. The second-order valence-corrected chi connectivity index (χ2v) is 13.5. The van der Waals surface area contributed by atoms with Gasteiger partial charge in [-0.2, -0.15) is 0 Å². The zero-order valence-electron chi connectivity index (χ0n) is 13.9. The molecule has 0 radical (unpaired) electrons. The van der Waals surface area contributed by atoms with E-state index in [0.29, 0.717) is 17.8 Å². The van der Waals surface area contributed by atoms with Crippen molar-refractivity contribution in [2.24, 2.45) is 5.92 Å². The minimum Gasteiger partial charge on any atom is -0.388 e. The predicted molar refractivity (Wildman–Crippen MR) is 94.3 cm³/mol. The first kappa shape index (κ1) is 16.9. The van der Waals surface area contributed by atoms with Gasteiger partial charge in [0, 0.05) is 26.4 Å². The Hall–Kier alpha value is -0.953. The van der Waals surface area contributed by atoms with E-state index in [0.717, 1.165) is 42.1 Å². The van der Waals surface area contributed by atoms with Crippen molar-refractivity contribution >= 4 is 30.7 Å². The lowest BCUT2D eigenvalue weighted by Gasteiger charge is -2.15. The van der Waals surface area contributed by atoms with E-state index in [-0.39, 0.29) is 0 Å². The molecule has 1 unspecified atom stereocenters. The molecular weight excluding hydrogens is 330 g/mol. The lowest BCUT2D eigenvalue weighted by atomic mass is 10.1. The van der Waals surface area contributed by atoms with Crippen LogP contribution in [0.15, 0.2) is 12.5 Å².